The first-order valence-electron chi connectivity index (χ1n) is 7.94. The minimum absolute atomic E-state index is 0.0238. The number of hydrogen-bond donors (Lipinski definition) is 0. The Morgan fingerprint density at radius 3 is 2.24 bits per heavy atom. The van der Waals surface area contributed by atoms with Crippen LogP contribution >= 0.6 is 0 Å². The Bertz CT molecular complexity index is 693. The Balaban J connectivity index is 1.83. The van der Waals surface area contributed by atoms with E-state index in [2.05, 4.69) is 0 Å². The molecule has 0 aromatic heterocycles. The smallest absolute Gasteiger partial charge is 0.416 e. The molecule has 1 fully saturated rings. The molecule has 1 saturated heterocycles. The number of hydrogen-bond acceptors (Lipinski definition) is 4. The zero-order chi connectivity index (χ0) is 18.7. The van der Waals surface area contributed by atoms with Crippen molar-refractivity contribution in [2.24, 2.45) is 5.92 Å². The predicted molar refractivity (Wildman–Crippen MR) is 85.0 cm³/mol. The lowest BCUT2D eigenvalue weighted by molar-refractivity contribution is -0.151. The predicted octanol–water partition coefficient (Wildman–Crippen LogP) is 2.81. The van der Waals surface area contributed by atoms with Gasteiger partial charge in [-0.1, -0.05) is 12.1 Å². The van der Waals surface area contributed by atoms with Crippen LogP contribution in [0.5, 0.6) is 0 Å². The minimum atomic E-state index is -4.40. The summed E-state index contributed by atoms with van der Waals surface area (Å²) < 4.78 is 67.5. The molecule has 0 amide bonds. The van der Waals surface area contributed by atoms with Crippen molar-refractivity contribution in [3.8, 4) is 0 Å². The van der Waals surface area contributed by atoms with Crippen molar-refractivity contribution in [3.05, 3.63) is 35.4 Å². The van der Waals surface area contributed by atoms with Crippen molar-refractivity contribution in [2.45, 2.75) is 32.5 Å². The summed E-state index contributed by atoms with van der Waals surface area (Å²) in [6.07, 6.45) is -3.64. The standard InChI is InChI=1S/C16H20F3NO4S/c1-2-25(22,23)20-9-7-13(8-10-20)15(21)24-11-12-3-5-14(6-4-12)16(17,18)19/h3-6,13H,2,7-11H2,1H3. The normalized spacial score (nSPS) is 17.4. The second kappa shape index (κ2) is 7.74. The Morgan fingerprint density at radius 1 is 1.20 bits per heavy atom. The van der Waals surface area contributed by atoms with Crippen molar-refractivity contribution >= 4 is 16.0 Å². The summed E-state index contributed by atoms with van der Waals surface area (Å²) in [6, 6.07) is 4.42. The lowest BCUT2D eigenvalue weighted by atomic mass is 9.98. The van der Waals surface area contributed by atoms with Gasteiger partial charge in [-0.3, -0.25) is 4.79 Å². The van der Waals surface area contributed by atoms with Gasteiger partial charge < -0.3 is 4.74 Å². The van der Waals surface area contributed by atoms with Crippen LogP contribution in [0.25, 0.3) is 0 Å². The highest BCUT2D eigenvalue weighted by Crippen LogP contribution is 2.29. The molecule has 1 aromatic carbocycles. The van der Waals surface area contributed by atoms with Crippen LogP contribution < -0.4 is 0 Å². The van der Waals surface area contributed by atoms with Crippen LogP contribution in [0, 0.1) is 5.92 Å². The highest BCUT2D eigenvalue weighted by molar-refractivity contribution is 7.89. The van der Waals surface area contributed by atoms with E-state index in [1.807, 2.05) is 0 Å². The van der Waals surface area contributed by atoms with E-state index in [-0.39, 0.29) is 25.4 Å². The van der Waals surface area contributed by atoms with Gasteiger partial charge in [0.2, 0.25) is 10.0 Å². The van der Waals surface area contributed by atoms with E-state index in [0.29, 0.717) is 18.4 Å². The lowest BCUT2D eigenvalue weighted by Gasteiger charge is -2.29. The molecule has 0 N–H and O–H groups in total. The molecule has 0 unspecified atom stereocenters. The Kier molecular flexibility index (Phi) is 6.10. The first kappa shape index (κ1) is 19.7. The molecule has 0 radical (unpaired) electrons. The molecule has 0 saturated carbocycles. The highest BCUT2D eigenvalue weighted by atomic mass is 32.2. The summed E-state index contributed by atoms with van der Waals surface area (Å²) in [6.45, 7) is 2.01. The van der Waals surface area contributed by atoms with Gasteiger partial charge in [0.1, 0.15) is 6.61 Å². The maximum Gasteiger partial charge on any atom is 0.416 e. The fourth-order valence-corrected chi connectivity index (χ4v) is 3.75. The summed E-state index contributed by atoms with van der Waals surface area (Å²) in [5, 5.41) is 0. The monoisotopic (exact) mass is 379 g/mol. The lowest BCUT2D eigenvalue weighted by Crippen LogP contribution is -2.41. The summed E-state index contributed by atoms with van der Waals surface area (Å²) >= 11 is 0. The molecule has 0 spiro atoms. The number of alkyl halides is 3. The van der Waals surface area contributed by atoms with Crippen molar-refractivity contribution in [1.29, 1.82) is 0 Å². The zero-order valence-electron chi connectivity index (χ0n) is 13.8. The molecule has 5 nitrogen and oxygen atoms in total. The van der Waals surface area contributed by atoms with Crippen molar-refractivity contribution < 1.29 is 31.1 Å². The molecule has 1 heterocycles. The summed E-state index contributed by atoms with van der Waals surface area (Å²) in [4.78, 5) is 12.1. The fraction of sp³-hybridized carbons (Fsp3) is 0.562. The number of benzene rings is 1. The minimum Gasteiger partial charge on any atom is -0.461 e. The molecule has 0 atom stereocenters. The Morgan fingerprint density at radius 2 is 1.76 bits per heavy atom. The molecular weight excluding hydrogens is 359 g/mol. The van der Waals surface area contributed by atoms with Crippen LogP contribution in [0.15, 0.2) is 24.3 Å². The van der Waals surface area contributed by atoms with Gasteiger partial charge in [-0.25, -0.2) is 12.7 Å². The average Bonchev–Trinajstić information content (AvgIpc) is 2.59. The van der Waals surface area contributed by atoms with Gasteiger partial charge in [0.15, 0.2) is 0 Å². The molecule has 0 bridgehead atoms. The van der Waals surface area contributed by atoms with Gasteiger partial charge in [-0.05, 0) is 37.5 Å². The van der Waals surface area contributed by atoms with Gasteiger partial charge in [-0.2, -0.15) is 13.2 Å². The van der Waals surface area contributed by atoms with Crippen molar-refractivity contribution in [1.82, 2.24) is 4.31 Å². The Hall–Kier alpha value is -1.61. The molecule has 25 heavy (non-hydrogen) atoms. The number of rotatable bonds is 5. The van der Waals surface area contributed by atoms with E-state index in [9.17, 15) is 26.4 Å². The first-order chi connectivity index (χ1) is 11.6. The van der Waals surface area contributed by atoms with E-state index >= 15 is 0 Å². The van der Waals surface area contributed by atoms with Gasteiger partial charge in [-0.15, -0.1) is 0 Å². The van der Waals surface area contributed by atoms with E-state index in [1.54, 1.807) is 6.92 Å². The number of carbonyl (C=O) groups is 1. The number of esters is 1. The van der Waals surface area contributed by atoms with Crippen LogP contribution in [0.2, 0.25) is 0 Å². The van der Waals surface area contributed by atoms with E-state index in [4.69, 9.17) is 4.74 Å². The molecule has 1 aliphatic heterocycles. The third-order valence-corrected chi connectivity index (χ3v) is 6.09. The average molecular weight is 379 g/mol. The third-order valence-electron chi connectivity index (χ3n) is 4.21. The Labute approximate surface area is 144 Å². The van der Waals surface area contributed by atoms with Crippen molar-refractivity contribution in [2.75, 3.05) is 18.8 Å². The van der Waals surface area contributed by atoms with E-state index in [0.717, 1.165) is 12.1 Å². The SMILES string of the molecule is CCS(=O)(=O)N1CCC(C(=O)OCc2ccc(C(F)(F)F)cc2)CC1. The first-order valence-corrected chi connectivity index (χ1v) is 9.55. The second-order valence-corrected chi connectivity index (χ2v) is 8.13. The summed E-state index contributed by atoms with van der Waals surface area (Å²) in [5.41, 5.74) is -0.292. The largest absolute Gasteiger partial charge is 0.461 e. The molecule has 140 valence electrons. The molecule has 2 rings (SSSR count). The number of carbonyl (C=O) groups excluding carboxylic acids is 1. The van der Waals surface area contributed by atoms with Crippen molar-refractivity contribution in [3.63, 3.8) is 0 Å². The maximum absolute atomic E-state index is 12.5. The van der Waals surface area contributed by atoms with Crippen LogP contribution in [0.4, 0.5) is 13.2 Å². The van der Waals surface area contributed by atoms with Crippen LogP contribution in [-0.2, 0) is 32.3 Å². The second-order valence-electron chi connectivity index (χ2n) is 5.88. The van der Waals surface area contributed by atoms with Crippen LogP contribution in [0.3, 0.4) is 0 Å². The number of halogens is 3. The highest BCUT2D eigenvalue weighted by Gasteiger charge is 2.31. The molecule has 1 aliphatic rings. The van der Waals surface area contributed by atoms with Gasteiger partial charge in [0.25, 0.3) is 0 Å². The molecule has 9 heteroatoms. The molecule has 0 aliphatic carbocycles. The van der Waals surface area contributed by atoms with Gasteiger partial charge >= 0.3 is 12.1 Å². The van der Waals surface area contributed by atoms with Gasteiger partial charge in [0, 0.05) is 13.1 Å². The van der Waals surface area contributed by atoms with E-state index < -0.39 is 33.7 Å². The van der Waals surface area contributed by atoms with Crippen LogP contribution in [-0.4, -0.2) is 37.5 Å². The van der Waals surface area contributed by atoms with E-state index in [1.165, 1.54) is 16.4 Å². The quantitative estimate of drug-likeness (QED) is 0.738. The number of ether oxygens (including phenoxy) is 1. The maximum atomic E-state index is 12.5. The summed E-state index contributed by atoms with van der Waals surface area (Å²) in [7, 11) is -3.25. The molecular formula is C16H20F3NO4S. The number of nitrogens with zero attached hydrogens (tertiary/aromatic N) is 1. The number of sulfonamides is 1. The summed E-state index contributed by atoms with van der Waals surface area (Å²) in [5.74, 6) is -0.818. The third kappa shape index (κ3) is 5.18. The number of piperidine rings is 1. The zero-order valence-corrected chi connectivity index (χ0v) is 14.6. The molecule has 1 aromatic rings. The van der Waals surface area contributed by atoms with Crippen LogP contribution in [0.1, 0.15) is 30.9 Å². The van der Waals surface area contributed by atoms with Gasteiger partial charge in [0.05, 0.1) is 17.2 Å². The topological polar surface area (TPSA) is 63.7 Å². The fourth-order valence-electron chi connectivity index (χ4n) is 2.61.